The van der Waals surface area contributed by atoms with Gasteiger partial charge in [0.1, 0.15) is 35.8 Å². The molecule has 3 aromatic carbocycles. The zero-order valence-corrected chi connectivity index (χ0v) is 29.3. The first-order valence-corrected chi connectivity index (χ1v) is 17.5. The van der Waals surface area contributed by atoms with E-state index in [2.05, 4.69) is 15.3 Å². The van der Waals surface area contributed by atoms with Crippen LogP contribution in [0.5, 0.6) is 0 Å². The molecule has 2 saturated carbocycles. The maximum absolute atomic E-state index is 13.4. The summed E-state index contributed by atoms with van der Waals surface area (Å²) in [5.41, 5.74) is -2.89. The number of benzene rings is 3. The van der Waals surface area contributed by atoms with E-state index in [0.29, 0.717) is 25.7 Å². The van der Waals surface area contributed by atoms with Crippen molar-refractivity contribution in [3.05, 3.63) is 101 Å². The van der Waals surface area contributed by atoms with Crippen LogP contribution < -0.4 is 5.32 Å². The summed E-state index contributed by atoms with van der Waals surface area (Å²) in [7, 11) is 0. The zero-order valence-electron chi connectivity index (χ0n) is 29.3. The summed E-state index contributed by atoms with van der Waals surface area (Å²) in [6.45, 7) is -0.849. The molecule has 7 rings (SSSR count). The molecule has 3 aromatic rings. The molecule has 2 spiro atoms. The van der Waals surface area contributed by atoms with Gasteiger partial charge in [0, 0.05) is 22.9 Å². The van der Waals surface area contributed by atoms with Crippen LogP contribution in [0.3, 0.4) is 0 Å². The van der Waals surface area contributed by atoms with Gasteiger partial charge in [-0.05, 0) is 87.8 Å². The molecular formula is C38H33F8N5O5. The molecule has 0 bridgehead atoms. The van der Waals surface area contributed by atoms with Crippen molar-refractivity contribution < 1.29 is 59.4 Å². The second-order valence-electron chi connectivity index (χ2n) is 13.8. The molecule has 0 atom stereocenters. The molecule has 0 aromatic heterocycles. The topological polar surface area (TPSA) is 132 Å². The van der Waals surface area contributed by atoms with Crippen LogP contribution in [0.1, 0.15) is 73.6 Å². The van der Waals surface area contributed by atoms with E-state index in [-0.39, 0.29) is 34.8 Å². The van der Waals surface area contributed by atoms with Gasteiger partial charge in [-0.2, -0.15) is 26.3 Å². The first-order chi connectivity index (χ1) is 26.3. The van der Waals surface area contributed by atoms with Gasteiger partial charge in [0.05, 0.1) is 11.1 Å². The number of nitrogens with zero attached hydrogens (tertiary/aromatic N) is 4. The summed E-state index contributed by atoms with van der Waals surface area (Å²) < 4.78 is 103. The minimum Gasteiger partial charge on any atom is -0.480 e. The van der Waals surface area contributed by atoms with Crippen LogP contribution in [0.25, 0.3) is 0 Å². The molecule has 0 unspecified atom stereocenters. The molecule has 18 heteroatoms. The highest BCUT2D eigenvalue weighted by Crippen LogP contribution is 2.42. The van der Waals surface area contributed by atoms with E-state index in [9.17, 15) is 54.3 Å². The van der Waals surface area contributed by atoms with Crippen molar-refractivity contribution in [3.8, 4) is 0 Å². The maximum Gasteiger partial charge on any atom is 0.416 e. The van der Waals surface area contributed by atoms with Gasteiger partial charge in [-0.25, -0.2) is 8.78 Å². The number of carboxylic acids is 1. The molecule has 2 fully saturated rings. The third-order valence-corrected chi connectivity index (χ3v) is 10.1. The number of nitrogens with one attached hydrogen (secondary N) is 1. The average molecular weight is 792 g/mol. The number of aliphatic imine (C=N–C) groups is 2. The molecule has 56 heavy (non-hydrogen) atoms. The van der Waals surface area contributed by atoms with E-state index in [1.54, 1.807) is 0 Å². The van der Waals surface area contributed by atoms with Gasteiger partial charge in [0.15, 0.2) is 11.6 Å². The monoisotopic (exact) mass is 791 g/mol. The van der Waals surface area contributed by atoms with Crippen molar-refractivity contribution in [1.82, 2.24) is 9.80 Å². The summed E-state index contributed by atoms with van der Waals surface area (Å²) in [4.78, 5) is 60.9. The highest BCUT2D eigenvalue weighted by atomic mass is 19.4. The van der Waals surface area contributed by atoms with Crippen molar-refractivity contribution >= 4 is 40.8 Å². The third-order valence-electron chi connectivity index (χ3n) is 10.1. The van der Waals surface area contributed by atoms with Crippen molar-refractivity contribution in [2.24, 2.45) is 9.98 Å². The average Bonchev–Trinajstić information content (AvgIpc) is 3.92. The van der Waals surface area contributed by atoms with E-state index in [1.807, 2.05) is 0 Å². The molecular weight excluding hydrogens is 758 g/mol. The first-order valence-electron chi connectivity index (χ1n) is 17.5. The van der Waals surface area contributed by atoms with Gasteiger partial charge in [-0.1, -0.05) is 24.3 Å². The standard InChI is InChI=1S/C22H18F5N3O2.C16H15F3N2O3/c23-16-8-7-15(11-17(16)24)28-18(31)12-30-20(32)19(29-21(30)9-1-2-10-21)13-3-5-14(6-4-13)22(25,26)27;17-16(18,19)11-5-3-10(4-6-11)13-14(24)21(9-12(22)23)15(20-13)7-1-2-8-15/h3-8,11H,1-2,9-10,12H2,(H,28,31);3-6H,1-2,7-9H2,(H,22,23). The lowest BCUT2D eigenvalue weighted by Crippen LogP contribution is -2.48. The second-order valence-corrected chi connectivity index (χ2v) is 13.8. The lowest BCUT2D eigenvalue weighted by molar-refractivity contribution is -0.145. The smallest absolute Gasteiger partial charge is 0.416 e. The van der Waals surface area contributed by atoms with Gasteiger partial charge in [-0.3, -0.25) is 29.2 Å². The molecule has 2 aliphatic heterocycles. The molecule has 0 saturated heterocycles. The molecule has 10 nitrogen and oxygen atoms in total. The van der Waals surface area contributed by atoms with Crippen molar-refractivity contribution in [2.45, 2.75) is 75.0 Å². The van der Waals surface area contributed by atoms with Gasteiger partial charge >= 0.3 is 18.3 Å². The summed E-state index contributed by atoms with van der Waals surface area (Å²) in [5, 5.41) is 11.5. The normalized spacial score (nSPS) is 18.6. The van der Waals surface area contributed by atoms with Crippen LogP contribution in [-0.4, -0.2) is 74.4 Å². The number of carbonyl (C=O) groups is 4. The molecule has 3 amide bonds. The van der Waals surface area contributed by atoms with Gasteiger partial charge < -0.3 is 20.2 Å². The van der Waals surface area contributed by atoms with Crippen LogP contribution in [0, 0.1) is 11.6 Å². The minimum absolute atomic E-state index is 0.00116. The Labute approximate surface area is 313 Å². The predicted octanol–water partition coefficient (Wildman–Crippen LogP) is 7.22. The van der Waals surface area contributed by atoms with Crippen LogP contribution >= 0.6 is 0 Å². The SMILES string of the molecule is O=C(CN1C(=O)C(c2ccc(C(F)(F)F)cc2)=NC12CCCC2)Nc1ccc(F)c(F)c1.O=C(O)CN1C(=O)C(c2ccc(C(F)(F)F)cc2)=NC12CCCC2. The number of rotatable bonds is 7. The summed E-state index contributed by atoms with van der Waals surface area (Å²) in [6, 6.07) is 11.2. The molecule has 2 heterocycles. The van der Waals surface area contributed by atoms with Gasteiger partial charge in [0.2, 0.25) is 5.91 Å². The Morgan fingerprint density at radius 1 is 0.643 bits per heavy atom. The Morgan fingerprint density at radius 3 is 1.43 bits per heavy atom. The second kappa shape index (κ2) is 15.1. The number of carbonyl (C=O) groups excluding carboxylic acids is 3. The van der Waals surface area contributed by atoms with E-state index in [0.717, 1.165) is 62.1 Å². The van der Waals surface area contributed by atoms with E-state index < -0.39 is 76.7 Å². The quantitative estimate of drug-likeness (QED) is 0.244. The number of halogens is 8. The van der Waals surface area contributed by atoms with E-state index in [1.165, 1.54) is 40.1 Å². The Hall–Kier alpha value is -5.68. The fourth-order valence-electron chi connectivity index (χ4n) is 7.41. The van der Waals surface area contributed by atoms with Crippen molar-refractivity contribution in [3.63, 3.8) is 0 Å². The number of aliphatic carboxylic acids is 1. The number of alkyl halides is 6. The number of hydrogen-bond donors (Lipinski definition) is 2. The molecule has 4 aliphatic rings. The third kappa shape index (κ3) is 8.14. The first kappa shape index (κ1) is 40.0. The summed E-state index contributed by atoms with van der Waals surface area (Å²) >= 11 is 0. The largest absolute Gasteiger partial charge is 0.480 e. The number of hydrogen-bond acceptors (Lipinski definition) is 6. The fraction of sp³-hybridized carbons (Fsp3) is 0.368. The van der Waals surface area contributed by atoms with Crippen LogP contribution in [0.2, 0.25) is 0 Å². The number of amides is 3. The number of carboxylic acid groups (broad SMARTS) is 1. The van der Waals surface area contributed by atoms with Gasteiger partial charge in [0.25, 0.3) is 11.8 Å². The van der Waals surface area contributed by atoms with E-state index >= 15 is 0 Å². The minimum atomic E-state index is -4.50. The van der Waals surface area contributed by atoms with Crippen molar-refractivity contribution in [2.75, 3.05) is 18.4 Å². The number of anilines is 1. The van der Waals surface area contributed by atoms with E-state index in [4.69, 9.17) is 5.11 Å². The summed E-state index contributed by atoms with van der Waals surface area (Å²) in [5.74, 6) is -5.05. The Morgan fingerprint density at radius 2 is 1.05 bits per heavy atom. The van der Waals surface area contributed by atoms with Crippen molar-refractivity contribution in [1.29, 1.82) is 0 Å². The predicted molar refractivity (Wildman–Crippen MR) is 184 cm³/mol. The van der Waals surface area contributed by atoms with Crippen LogP contribution in [0.4, 0.5) is 40.8 Å². The summed E-state index contributed by atoms with van der Waals surface area (Å²) in [6.07, 6.45) is -3.59. The van der Waals surface area contributed by atoms with Crippen LogP contribution in [0.15, 0.2) is 76.7 Å². The van der Waals surface area contributed by atoms with Crippen LogP contribution in [-0.2, 0) is 31.5 Å². The Kier molecular flexibility index (Phi) is 10.8. The Balaban J connectivity index is 0.000000198. The lowest BCUT2D eigenvalue weighted by atomic mass is 10.1. The fourth-order valence-corrected chi connectivity index (χ4v) is 7.41. The van der Waals surface area contributed by atoms with Gasteiger partial charge in [-0.15, -0.1) is 0 Å². The maximum atomic E-state index is 13.4. The molecule has 296 valence electrons. The highest BCUT2D eigenvalue weighted by molar-refractivity contribution is 6.47. The molecule has 2 aliphatic carbocycles. The molecule has 2 N–H and O–H groups in total. The Bertz CT molecular complexity index is 2090. The molecule has 0 radical (unpaired) electrons. The lowest BCUT2D eigenvalue weighted by Gasteiger charge is -2.32. The zero-order chi connectivity index (χ0) is 40.6. The highest BCUT2D eigenvalue weighted by Gasteiger charge is 2.51.